The van der Waals surface area contributed by atoms with Gasteiger partial charge in [-0.2, -0.15) is 4.31 Å². The van der Waals surface area contributed by atoms with E-state index in [-0.39, 0.29) is 35.8 Å². The van der Waals surface area contributed by atoms with E-state index in [1.165, 1.54) is 29.6 Å². The maximum absolute atomic E-state index is 13.6. The molecule has 1 aromatic heterocycles. The van der Waals surface area contributed by atoms with Crippen LogP contribution in [0, 0.1) is 5.82 Å². The van der Waals surface area contributed by atoms with E-state index in [9.17, 15) is 12.8 Å². The minimum atomic E-state index is -3.50. The van der Waals surface area contributed by atoms with Crippen LogP contribution in [0.3, 0.4) is 0 Å². The largest absolute Gasteiger partial charge is 0.494 e. The van der Waals surface area contributed by atoms with Crippen molar-refractivity contribution < 1.29 is 22.3 Å². The van der Waals surface area contributed by atoms with E-state index in [2.05, 4.69) is 0 Å². The zero-order valence-corrected chi connectivity index (χ0v) is 15.1. The Morgan fingerprint density at radius 2 is 2.08 bits per heavy atom. The maximum Gasteiger partial charge on any atom is 0.252 e. The zero-order chi connectivity index (χ0) is 17.3. The highest BCUT2D eigenvalue weighted by Gasteiger charge is 2.38. The first-order valence-electron chi connectivity index (χ1n) is 7.09. The number of thiophene rings is 1. The molecule has 1 aromatic carbocycles. The summed E-state index contributed by atoms with van der Waals surface area (Å²) in [6.45, 7) is 0.761. The summed E-state index contributed by atoms with van der Waals surface area (Å²) < 4.78 is 50.7. The molecule has 24 heavy (non-hydrogen) atoms. The van der Waals surface area contributed by atoms with Gasteiger partial charge >= 0.3 is 0 Å². The van der Waals surface area contributed by atoms with Gasteiger partial charge in [-0.05, 0) is 29.8 Å². The Morgan fingerprint density at radius 1 is 1.33 bits per heavy atom. The van der Waals surface area contributed by atoms with Crippen LogP contribution in [0.1, 0.15) is 5.56 Å². The minimum absolute atomic E-state index is 0.175. The molecule has 2 heterocycles. The van der Waals surface area contributed by atoms with Crippen molar-refractivity contribution in [3.05, 3.63) is 46.0 Å². The standard InChI is InChI=1S/C15H15ClFNO4S2/c1-21-13-3-2-10(6-12(13)17)9-22-11-7-18(8-11)24(19,20)15-5-4-14(16)23-15/h2-6,11H,7-9H2,1H3. The van der Waals surface area contributed by atoms with Gasteiger partial charge in [-0.1, -0.05) is 17.7 Å². The molecule has 130 valence electrons. The molecule has 0 unspecified atom stereocenters. The predicted octanol–water partition coefficient (Wildman–Crippen LogP) is 3.14. The topological polar surface area (TPSA) is 55.8 Å². The van der Waals surface area contributed by atoms with Crippen LogP contribution in [0.15, 0.2) is 34.5 Å². The number of hydrogen-bond acceptors (Lipinski definition) is 5. The van der Waals surface area contributed by atoms with Gasteiger partial charge in [0.25, 0.3) is 10.0 Å². The zero-order valence-electron chi connectivity index (χ0n) is 12.7. The number of halogens is 2. The van der Waals surface area contributed by atoms with E-state index in [0.717, 1.165) is 11.3 Å². The third-order valence-corrected chi connectivity index (χ3v) is 7.19. The second-order valence-electron chi connectivity index (χ2n) is 5.28. The van der Waals surface area contributed by atoms with Gasteiger partial charge in [0.1, 0.15) is 4.21 Å². The van der Waals surface area contributed by atoms with Crippen molar-refractivity contribution in [1.29, 1.82) is 0 Å². The van der Waals surface area contributed by atoms with Crippen LogP contribution >= 0.6 is 22.9 Å². The summed E-state index contributed by atoms with van der Waals surface area (Å²) >= 11 is 6.81. The molecule has 0 bridgehead atoms. The highest BCUT2D eigenvalue weighted by molar-refractivity contribution is 7.91. The van der Waals surface area contributed by atoms with Gasteiger partial charge in [-0.3, -0.25) is 0 Å². The molecule has 3 rings (SSSR count). The molecule has 2 aromatic rings. The lowest BCUT2D eigenvalue weighted by atomic mass is 10.2. The molecule has 1 aliphatic heterocycles. The SMILES string of the molecule is COc1ccc(COC2CN(S(=O)(=O)c3ccc(Cl)s3)C2)cc1F. The molecule has 0 amide bonds. The summed E-state index contributed by atoms with van der Waals surface area (Å²) in [4.78, 5) is 0. The van der Waals surface area contributed by atoms with E-state index in [0.29, 0.717) is 9.90 Å². The molecule has 0 saturated carbocycles. The second-order valence-corrected chi connectivity index (χ2v) is 9.16. The van der Waals surface area contributed by atoms with Crippen molar-refractivity contribution in [3.63, 3.8) is 0 Å². The Kier molecular flexibility index (Phi) is 5.12. The Bertz CT molecular complexity index is 834. The van der Waals surface area contributed by atoms with E-state index in [4.69, 9.17) is 21.1 Å². The third kappa shape index (κ3) is 3.57. The van der Waals surface area contributed by atoms with Crippen molar-refractivity contribution in [2.24, 2.45) is 0 Å². The number of methoxy groups -OCH3 is 1. The molecule has 1 fully saturated rings. The smallest absolute Gasteiger partial charge is 0.252 e. The van der Waals surface area contributed by atoms with Crippen molar-refractivity contribution in [2.75, 3.05) is 20.2 Å². The van der Waals surface area contributed by atoms with Crippen molar-refractivity contribution in [3.8, 4) is 5.75 Å². The van der Waals surface area contributed by atoms with Gasteiger partial charge in [0.15, 0.2) is 11.6 Å². The van der Waals surface area contributed by atoms with Gasteiger partial charge in [0, 0.05) is 13.1 Å². The third-order valence-electron chi connectivity index (χ3n) is 3.66. The van der Waals surface area contributed by atoms with Crippen LogP contribution in [0.25, 0.3) is 0 Å². The Labute approximate surface area is 148 Å². The van der Waals surface area contributed by atoms with E-state index in [1.54, 1.807) is 12.1 Å². The second kappa shape index (κ2) is 6.97. The lowest BCUT2D eigenvalue weighted by Crippen LogP contribution is -2.54. The molecule has 0 radical (unpaired) electrons. The summed E-state index contributed by atoms with van der Waals surface area (Å²) in [5.41, 5.74) is 0.666. The number of benzene rings is 1. The summed E-state index contributed by atoms with van der Waals surface area (Å²) in [6, 6.07) is 7.65. The molecule has 0 aliphatic carbocycles. The number of rotatable bonds is 6. The first-order chi connectivity index (χ1) is 11.4. The van der Waals surface area contributed by atoms with Crippen LogP contribution in [0.2, 0.25) is 4.34 Å². The Balaban J connectivity index is 1.53. The maximum atomic E-state index is 13.6. The van der Waals surface area contributed by atoms with Gasteiger partial charge in [0.05, 0.1) is 24.2 Å². The van der Waals surface area contributed by atoms with Gasteiger partial charge < -0.3 is 9.47 Å². The monoisotopic (exact) mass is 391 g/mol. The van der Waals surface area contributed by atoms with Gasteiger partial charge in [-0.15, -0.1) is 11.3 Å². The fraction of sp³-hybridized carbons (Fsp3) is 0.333. The van der Waals surface area contributed by atoms with Gasteiger partial charge in [0.2, 0.25) is 0 Å². The first kappa shape index (κ1) is 17.6. The summed E-state index contributed by atoms with van der Waals surface area (Å²) in [5.74, 6) is -0.278. The quantitative estimate of drug-likeness (QED) is 0.759. The van der Waals surface area contributed by atoms with Crippen LogP contribution in [0.4, 0.5) is 4.39 Å². The molecule has 1 aliphatic rings. The van der Waals surface area contributed by atoms with Crippen LogP contribution < -0.4 is 4.74 Å². The van der Waals surface area contributed by atoms with Gasteiger partial charge in [-0.25, -0.2) is 12.8 Å². The fourth-order valence-electron chi connectivity index (χ4n) is 2.28. The highest BCUT2D eigenvalue weighted by atomic mass is 35.5. The summed E-state index contributed by atoms with van der Waals surface area (Å²) in [7, 11) is -2.10. The first-order valence-corrected chi connectivity index (χ1v) is 9.73. The lowest BCUT2D eigenvalue weighted by molar-refractivity contribution is -0.0296. The van der Waals surface area contributed by atoms with Crippen molar-refractivity contribution in [2.45, 2.75) is 16.9 Å². The molecule has 9 heteroatoms. The number of hydrogen-bond donors (Lipinski definition) is 0. The van der Waals surface area contributed by atoms with E-state index >= 15 is 0 Å². The van der Waals surface area contributed by atoms with Crippen LogP contribution in [-0.2, 0) is 21.4 Å². The predicted molar refractivity (Wildman–Crippen MR) is 89.6 cm³/mol. The molecular weight excluding hydrogens is 377 g/mol. The number of sulfonamides is 1. The van der Waals surface area contributed by atoms with Crippen LogP contribution in [-0.4, -0.2) is 39.0 Å². The summed E-state index contributed by atoms with van der Waals surface area (Å²) in [5, 5.41) is 0. The van der Waals surface area contributed by atoms with Crippen molar-refractivity contribution in [1.82, 2.24) is 4.31 Å². The number of ether oxygens (including phenoxy) is 2. The Hall–Kier alpha value is -1.19. The van der Waals surface area contributed by atoms with Crippen molar-refractivity contribution >= 4 is 33.0 Å². The molecule has 0 N–H and O–H groups in total. The van der Waals surface area contributed by atoms with E-state index in [1.807, 2.05) is 0 Å². The number of nitrogens with zero attached hydrogens (tertiary/aromatic N) is 1. The highest BCUT2D eigenvalue weighted by Crippen LogP contribution is 2.31. The normalized spacial score (nSPS) is 16.1. The lowest BCUT2D eigenvalue weighted by Gasteiger charge is -2.37. The molecular formula is C15H15ClFNO4S2. The minimum Gasteiger partial charge on any atom is -0.494 e. The summed E-state index contributed by atoms with van der Waals surface area (Å²) in [6.07, 6.45) is -0.208. The molecule has 0 spiro atoms. The Morgan fingerprint density at radius 3 is 2.67 bits per heavy atom. The molecule has 1 saturated heterocycles. The molecule has 0 atom stereocenters. The molecule has 5 nitrogen and oxygen atoms in total. The average molecular weight is 392 g/mol. The van der Waals surface area contributed by atoms with Crippen LogP contribution in [0.5, 0.6) is 5.75 Å². The fourth-order valence-corrected chi connectivity index (χ4v) is 5.42. The average Bonchev–Trinajstić information content (AvgIpc) is 2.93. The van der Waals surface area contributed by atoms with E-state index < -0.39 is 15.8 Å².